The molecule has 2 aromatic rings. The number of aromatic nitrogens is 2. The van der Waals surface area contributed by atoms with Crippen LogP contribution >= 0.6 is 11.3 Å². The second-order valence-corrected chi connectivity index (χ2v) is 6.00. The monoisotopic (exact) mass is 279 g/mol. The van der Waals surface area contributed by atoms with Gasteiger partial charge in [0, 0.05) is 11.4 Å². The first kappa shape index (κ1) is 14.1. The fourth-order valence-corrected chi connectivity index (χ4v) is 2.69. The quantitative estimate of drug-likeness (QED) is 0.911. The fraction of sp³-hybridized carbons (Fsp3) is 0.429. The van der Waals surface area contributed by atoms with E-state index in [0.29, 0.717) is 5.92 Å². The van der Waals surface area contributed by atoms with E-state index in [-0.39, 0.29) is 5.82 Å². The zero-order valence-electron chi connectivity index (χ0n) is 11.4. The Morgan fingerprint density at radius 3 is 2.79 bits per heavy atom. The van der Waals surface area contributed by atoms with Gasteiger partial charge < -0.3 is 5.32 Å². The van der Waals surface area contributed by atoms with Gasteiger partial charge in [-0.2, -0.15) is 0 Å². The van der Waals surface area contributed by atoms with Crippen molar-refractivity contribution in [3.05, 3.63) is 34.7 Å². The summed E-state index contributed by atoms with van der Waals surface area (Å²) in [7, 11) is 0. The van der Waals surface area contributed by atoms with Gasteiger partial charge >= 0.3 is 0 Å². The van der Waals surface area contributed by atoms with Crippen molar-refractivity contribution >= 4 is 11.3 Å². The van der Waals surface area contributed by atoms with E-state index in [0.717, 1.165) is 29.5 Å². The lowest BCUT2D eigenvalue weighted by atomic mass is 10.2. The number of thiazole rings is 1. The summed E-state index contributed by atoms with van der Waals surface area (Å²) in [6.45, 7) is 8.17. The average Bonchev–Trinajstić information content (AvgIpc) is 2.71. The summed E-state index contributed by atoms with van der Waals surface area (Å²) in [6, 6.07) is 3.08. The standard InChI is InChI=1S/C14H18FN3S/c1-9(2)6-16-8-13-10(3)18-14(19-13)12-5-4-11(15)7-17-12/h4-5,7,9,16H,6,8H2,1-3H3. The molecule has 1 N–H and O–H groups in total. The van der Waals surface area contributed by atoms with Gasteiger partial charge in [0.2, 0.25) is 0 Å². The molecular weight excluding hydrogens is 261 g/mol. The van der Waals surface area contributed by atoms with Crippen LogP contribution in [0.25, 0.3) is 10.7 Å². The van der Waals surface area contributed by atoms with E-state index in [4.69, 9.17) is 0 Å². The molecular formula is C14H18FN3S. The highest BCUT2D eigenvalue weighted by atomic mass is 32.1. The van der Waals surface area contributed by atoms with Gasteiger partial charge in [-0.3, -0.25) is 4.98 Å². The van der Waals surface area contributed by atoms with E-state index >= 15 is 0 Å². The Bertz CT molecular complexity index is 534. The highest BCUT2D eigenvalue weighted by molar-refractivity contribution is 7.15. The van der Waals surface area contributed by atoms with Crippen LogP contribution in [0.5, 0.6) is 0 Å². The van der Waals surface area contributed by atoms with E-state index in [1.807, 2.05) is 6.92 Å². The highest BCUT2D eigenvalue weighted by Crippen LogP contribution is 2.26. The Morgan fingerprint density at radius 2 is 2.16 bits per heavy atom. The van der Waals surface area contributed by atoms with Crippen LogP contribution in [0.2, 0.25) is 0 Å². The van der Waals surface area contributed by atoms with Crippen LogP contribution in [0.1, 0.15) is 24.4 Å². The first-order valence-electron chi connectivity index (χ1n) is 6.35. The average molecular weight is 279 g/mol. The van der Waals surface area contributed by atoms with Crippen LogP contribution in [-0.4, -0.2) is 16.5 Å². The maximum Gasteiger partial charge on any atom is 0.142 e. The number of halogens is 1. The first-order chi connectivity index (χ1) is 9.06. The van der Waals surface area contributed by atoms with Gasteiger partial charge in [-0.05, 0) is 31.5 Å². The van der Waals surface area contributed by atoms with Crippen molar-refractivity contribution in [2.75, 3.05) is 6.54 Å². The van der Waals surface area contributed by atoms with Crippen LogP contribution < -0.4 is 5.32 Å². The molecule has 0 fully saturated rings. The summed E-state index contributed by atoms with van der Waals surface area (Å²) in [5.41, 5.74) is 1.74. The van der Waals surface area contributed by atoms with Crippen LogP contribution in [0.3, 0.4) is 0 Å². The van der Waals surface area contributed by atoms with Crippen LogP contribution in [0.15, 0.2) is 18.3 Å². The summed E-state index contributed by atoms with van der Waals surface area (Å²) >= 11 is 1.61. The molecule has 0 aliphatic heterocycles. The molecule has 2 heterocycles. The molecule has 0 saturated carbocycles. The Kier molecular flexibility index (Phi) is 4.61. The first-order valence-corrected chi connectivity index (χ1v) is 7.17. The summed E-state index contributed by atoms with van der Waals surface area (Å²) in [5.74, 6) is 0.308. The Hall–Kier alpha value is -1.33. The lowest BCUT2D eigenvalue weighted by Gasteiger charge is -2.05. The molecule has 2 rings (SSSR count). The lowest BCUT2D eigenvalue weighted by Crippen LogP contribution is -2.18. The Balaban J connectivity index is 2.09. The number of hydrogen-bond donors (Lipinski definition) is 1. The number of rotatable bonds is 5. The molecule has 0 amide bonds. The van der Waals surface area contributed by atoms with Gasteiger partial charge in [-0.15, -0.1) is 11.3 Å². The van der Waals surface area contributed by atoms with E-state index in [1.54, 1.807) is 17.4 Å². The number of nitrogens with zero attached hydrogens (tertiary/aromatic N) is 2. The Morgan fingerprint density at radius 1 is 1.37 bits per heavy atom. The Labute approximate surface area is 116 Å². The minimum absolute atomic E-state index is 0.323. The van der Waals surface area contributed by atoms with Gasteiger partial charge in [0.25, 0.3) is 0 Å². The highest BCUT2D eigenvalue weighted by Gasteiger charge is 2.10. The number of pyridine rings is 1. The second kappa shape index (κ2) is 6.21. The van der Waals surface area contributed by atoms with Crippen LogP contribution in [0, 0.1) is 18.7 Å². The molecule has 0 aliphatic rings. The normalized spacial score (nSPS) is 11.2. The van der Waals surface area contributed by atoms with Gasteiger partial charge in [0.15, 0.2) is 0 Å². The maximum absolute atomic E-state index is 12.8. The summed E-state index contributed by atoms with van der Waals surface area (Å²) in [5, 5.41) is 4.25. The molecule has 102 valence electrons. The molecule has 0 bridgehead atoms. The van der Waals surface area contributed by atoms with Crippen molar-refractivity contribution in [2.45, 2.75) is 27.3 Å². The maximum atomic E-state index is 12.8. The molecule has 0 saturated heterocycles. The van der Waals surface area contributed by atoms with Crippen molar-refractivity contribution in [1.29, 1.82) is 0 Å². The largest absolute Gasteiger partial charge is 0.312 e. The zero-order chi connectivity index (χ0) is 13.8. The molecule has 0 spiro atoms. The lowest BCUT2D eigenvalue weighted by molar-refractivity contribution is 0.554. The third-order valence-corrected chi connectivity index (χ3v) is 3.86. The van der Waals surface area contributed by atoms with Gasteiger partial charge in [0.05, 0.1) is 17.6 Å². The SMILES string of the molecule is Cc1nc(-c2ccc(F)cn2)sc1CNCC(C)C. The van der Waals surface area contributed by atoms with E-state index < -0.39 is 0 Å². The van der Waals surface area contributed by atoms with E-state index in [9.17, 15) is 4.39 Å². The van der Waals surface area contributed by atoms with Crippen molar-refractivity contribution < 1.29 is 4.39 Å². The van der Waals surface area contributed by atoms with Crippen molar-refractivity contribution in [3.8, 4) is 10.7 Å². The number of nitrogens with one attached hydrogen (secondary N) is 1. The molecule has 19 heavy (non-hydrogen) atoms. The summed E-state index contributed by atoms with van der Waals surface area (Å²) < 4.78 is 12.8. The number of hydrogen-bond acceptors (Lipinski definition) is 4. The van der Waals surface area contributed by atoms with Gasteiger partial charge in [-0.1, -0.05) is 13.8 Å². The third-order valence-electron chi connectivity index (χ3n) is 2.68. The van der Waals surface area contributed by atoms with E-state index in [1.165, 1.54) is 17.1 Å². The van der Waals surface area contributed by atoms with Crippen molar-refractivity contribution in [2.24, 2.45) is 5.92 Å². The zero-order valence-corrected chi connectivity index (χ0v) is 12.2. The van der Waals surface area contributed by atoms with E-state index in [2.05, 4.69) is 29.1 Å². The fourth-order valence-electron chi connectivity index (χ4n) is 1.68. The van der Waals surface area contributed by atoms with Gasteiger partial charge in [-0.25, -0.2) is 9.37 Å². The van der Waals surface area contributed by atoms with Crippen LogP contribution in [-0.2, 0) is 6.54 Å². The summed E-state index contributed by atoms with van der Waals surface area (Å²) in [6.07, 6.45) is 1.22. The van der Waals surface area contributed by atoms with Crippen molar-refractivity contribution in [1.82, 2.24) is 15.3 Å². The predicted molar refractivity (Wildman–Crippen MR) is 76.6 cm³/mol. The topological polar surface area (TPSA) is 37.8 Å². The molecule has 3 nitrogen and oxygen atoms in total. The minimum atomic E-state index is -0.323. The van der Waals surface area contributed by atoms with Crippen molar-refractivity contribution in [3.63, 3.8) is 0 Å². The third kappa shape index (κ3) is 3.81. The minimum Gasteiger partial charge on any atom is -0.312 e. The molecule has 0 radical (unpaired) electrons. The molecule has 0 aromatic carbocycles. The molecule has 2 aromatic heterocycles. The molecule has 0 unspecified atom stereocenters. The molecule has 0 aliphatic carbocycles. The molecule has 5 heteroatoms. The summed E-state index contributed by atoms with van der Waals surface area (Å²) in [4.78, 5) is 9.78. The molecule has 0 atom stereocenters. The second-order valence-electron chi connectivity index (χ2n) is 4.91. The smallest absolute Gasteiger partial charge is 0.142 e. The van der Waals surface area contributed by atoms with Crippen LogP contribution in [0.4, 0.5) is 4.39 Å². The number of aryl methyl sites for hydroxylation is 1. The predicted octanol–water partition coefficient (Wildman–Crippen LogP) is 3.40. The van der Waals surface area contributed by atoms with Gasteiger partial charge in [0.1, 0.15) is 10.8 Å².